The number of carbonyl (C=O) groups is 1. The van der Waals surface area contributed by atoms with Crippen LogP contribution in [0.4, 0.5) is 10.5 Å². The number of imidazole rings is 1. The largest absolute Gasteiger partial charge is 0.493 e. The SMILES string of the molecule is CC(C)(C)OC(=O)NC1CCN(c2cccc3ncc(-n4cnc5cc(OCC6CS(=O)(=O)C6)ccc54)nc23)CC1. The summed E-state index contributed by atoms with van der Waals surface area (Å²) in [5.74, 6) is 1.73. The minimum Gasteiger partial charge on any atom is -0.493 e. The lowest BCUT2D eigenvalue weighted by Gasteiger charge is -2.34. The zero-order valence-corrected chi connectivity index (χ0v) is 24.2. The highest BCUT2D eigenvalue weighted by atomic mass is 32.2. The predicted molar refractivity (Wildman–Crippen MR) is 156 cm³/mol. The molecule has 11 nitrogen and oxygen atoms in total. The maximum atomic E-state index is 12.2. The van der Waals surface area contributed by atoms with Gasteiger partial charge in [0, 0.05) is 31.1 Å². The number of nitrogens with one attached hydrogen (secondary N) is 1. The summed E-state index contributed by atoms with van der Waals surface area (Å²) in [5, 5.41) is 3.00. The number of para-hydroxylation sites is 1. The molecule has 2 aromatic heterocycles. The molecular weight excluding hydrogens is 544 g/mol. The third kappa shape index (κ3) is 6.07. The fourth-order valence-electron chi connectivity index (χ4n) is 5.36. The van der Waals surface area contributed by atoms with Crippen LogP contribution in [0, 0.1) is 5.92 Å². The molecule has 2 aliphatic rings. The minimum absolute atomic E-state index is 0.0438. The first-order valence-electron chi connectivity index (χ1n) is 13.8. The van der Waals surface area contributed by atoms with E-state index in [1.807, 2.05) is 55.7 Å². The number of nitrogens with zero attached hydrogens (tertiary/aromatic N) is 5. The quantitative estimate of drug-likeness (QED) is 0.362. The van der Waals surface area contributed by atoms with E-state index in [2.05, 4.69) is 21.3 Å². The zero-order chi connectivity index (χ0) is 28.8. The number of amides is 1. The number of sulfone groups is 1. The topological polar surface area (TPSA) is 129 Å². The Hall–Kier alpha value is -3.93. The summed E-state index contributed by atoms with van der Waals surface area (Å²) in [6.07, 6.45) is 4.69. The van der Waals surface area contributed by atoms with Crippen molar-refractivity contribution in [3.05, 3.63) is 48.9 Å². The minimum atomic E-state index is -2.87. The summed E-state index contributed by atoms with van der Waals surface area (Å²) >= 11 is 0. The Morgan fingerprint density at radius 1 is 1.07 bits per heavy atom. The number of aromatic nitrogens is 4. The molecular formula is C29H34N6O5S. The van der Waals surface area contributed by atoms with Crippen LogP contribution in [0.25, 0.3) is 27.9 Å². The Morgan fingerprint density at radius 3 is 2.59 bits per heavy atom. The normalized spacial score (nSPS) is 17.9. The third-order valence-corrected chi connectivity index (χ3v) is 9.28. The van der Waals surface area contributed by atoms with E-state index in [1.165, 1.54) is 0 Å². The molecule has 1 N–H and O–H groups in total. The molecule has 12 heteroatoms. The van der Waals surface area contributed by atoms with Gasteiger partial charge in [-0.25, -0.2) is 23.2 Å². The van der Waals surface area contributed by atoms with Gasteiger partial charge >= 0.3 is 6.09 Å². The number of anilines is 1. The van der Waals surface area contributed by atoms with E-state index in [-0.39, 0.29) is 29.6 Å². The van der Waals surface area contributed by atoms with E-state index in [0.717, 1.165) is 53.7 Å². The second kappa shape index (κ2) is 10.5. The van der Waals surface area contributed by atoms with Gasteiger partial charge in [-0.1, -0.05) is 6.07 Å². The molecule has 2 fully saturated rings. The molecule has 0 saturated carbocycles. The molecule has 0 atom stereocenters. The second-order valence-corrected chi connectivity index (χ2v) is 14.0. The number of ether oxygens (including phenoxy) is 2. The first kappa shape index (κ1) is 27.3. The Morgan fingerprint density at radius 2 is 1.85 bits per heavy atom. The van der Waals surface area contributed by atoms with Gasteiger partial charge in [-0.15, -0.1) is 0 Å². The van der Waals surface area contributed by atoms with Crippen molar-refractivity contribution in [2.75, 3.05) is 36.1 Å². The van der Waals surface area contributed by atoms with E-state index in [1.54, 1.807) is 12.5 Å². The first-order chi connectivity index (χ1) is 19.5. The maximum absolute atomic E-state index is 12.2. The molecule has 0 spiro atoms. The maximum Gasteiger partial charge on any atom is 0.407 e. The van der Waals surface area contributed by atoms with Crippen molar-refractivity contribution >= 4 is 43.7 Å². The van der Waals surface area contributed by atoms with Crippen LogP contribution >= 0.6 is 0 Å². The number of hydrogen-bond acceptors (Lipinski definition) is 9. The number of rotatable bonds is 6. The van der Waals surface area contributed by atoms with Crippen LogP contribution in [0.15, 0.2) is 48.9 Å². The van der Waals surface area contributed by atoms with Gasteiger partial charge in [-0.2, -0.15) is 0 Å². The molecule has 2 aliphatic heterocycles. The van der Waals surface area contributed by atoms with Crippen LogP contribution in [0.1, 0.15) is 33.6 Å². The number of alkyl carbamates (subject to hydrolysis) is 1. The fraction of sp³-hybridized carbons (Fsp3) is 0.448. The Bertz CT molecular complexity index is 1690. The van der Waals surface area contributed by atoms with Crippen molar-refractivity contribution < 1.29 is 22.7 Å². The van der Waals surface area contributed by atoms with E-state index in [0.29, 0.717) is 18.2 Å². The summed E-state index contributed by atoms with van der Waals surface area (Å²) in [4.78, 5) is 28.8. The van der Waals surface area contributed by atoms with Crippen LogP contribution in [-0.2, 0) is 14.6 Å². The summed E-state index contributed by atoms with van der Waals surface area (Å²) in [6, 6.07) is 11.7. The zero-order valence-electron chi connectivity index (χ0n) is 23.4. The van der Waals surface area contributed by atoms with E-state index in [9.17, 15) is 13.2 Å². The monoisotopic (exact) mass is 578 g/mol. The van der Waals surface area contributed by atoms with Gasteiger partial charge in [0.25, 0.3) is 0 Å². The second-order valence-electron chi connectivity index (χ2n) is 11.8. The number of benzene rings is 2. The van der Waals surface area contributed by atoms with Crippen molar-refractivity contribution in [3.63, 3.8) is 0 Å². The first-order valence-corrected chi connectivity index (χ1v) is 15.7. The van der Waals surface area contributed by atoms with Crippen molar-refractivity contribution in [1.29, 1.82) is 0 Å². The van der Waals surface area contributed by atoms with Crippen LogP contribution in [0.2, 0.25) is 0 Å². The summed E-state index contributed by atoms with van der Waals surface area (Å²) in [6.45, 7) is 7.50. The molecule has 2 aromatic carbocycles. The van der Waals surface area contributed by atoms with Gasteiger partial charge in [-0.3, -0.25) is 9.55 Å². The number of piperidine rings is 1. The molecule has 0 radical (unpaired) electrons. The van der Waals surface area contributed by atoms with Crippen molar-refractivity contribution in [2.45, 2.75) is 45.3 Å². The molecule has 41 heavy (non-hydrogen) atoms. The molecule has 2 saturated heterocycles. The van der Waals surface area contributed by atoms with Gasteiger partial charge in [-0.05, 0) is 57.9 Å². The van der Waals surface area contributed by atoms with Crippen molar-refractivity contribution in [1.82, 2.24) is 24.8 Å². The lowest BCUT2D eigenvalue weighted by Crippen LogP contribution is -2.46. The molecule has 0 aliphatic carbocycles. The molecule has 6 rings (SSSR count). The average Bonchev–Trinajstić information content (AvgIpc) is 3.33. The highest BCUT2D eigenvalue weighted by molar-refractivity contribution is 7.92. The van der Waals surface area contributed by atoms with E-state index in [4.69, 9.17) is 19.4 Å². The third-order valence-electron chi connectivity index (χ3n) is 7.33. The number of carbonyl (C=O) groups excluding carboxylic acids is 1. The highest BCUT2D eigenvalue weighted by Crippen LogP contribution is 2.29. The molecule has 4 aromatic rings. The lowest BCUT2D eigenvalue weighted by atomic mass is 10.0. The van der Waals surface area contributed by atoms with E-state index < -0.39 is 15.4 Å². The summed E-state index contributed by atoms with van der Waals surface area (Å²) in [5.41, 5.74) is 3.70. The Labute approximate surface area is 238 Å². The van der Waals surface area contributed by atoms with Crippen molar-refractivity contribution in [2.24, 2.45) is 5.92 Å². The Balaban J connectivity index is 1.17. The molecule has 0 unspecified atom stereocenters. The standard InChI is InChI=1S/C29H34N6O5S/c1-29(2,3)40-28(36)32-20-9-11-34(12-10-20)25-6-4-5-22-27(25)33-26(14-30-22)35-18-31-23-13-21(7-8-24(23)35)39-15-19-16-41(37,38)17-19/h4-8,13-14,18-20H,9-12,15-17H2,1-3H3,(H,32,36). The van der Waals surface area contributed by atoms with Gasteiger partial charge in [0.2, 0.25) is 0 Å². The number of hydrogen-bond donors (Lipinski definition) is 1. The van der Waals surface area contributed by atoms with Gasteiger partial charge in [0.1, 0.15) is 23.2 Å². The summed E-state index contributed by atoms with van der Waals surface area (Å²) in [7, 11) is -2.87. The van der Waals surface area contributed by atoms with Gasteiger partial charge in [0.15, 0.2) is 15.7 Å². The predicted octanol–water partition coefficient (Wildman–Crippen LogP) is 3.89. The molecule has 1 amide bonds. The van der Waals surface area contributed by atoms with Crippen LogP contribution in [-0.4, -0.2) is 76.9 Å². The Kier molecular flexibility index (Phi) is 6.96. The molecule has 4 heterocycles. The van der Waals surface area contributed by atoms with Crippen LogP contribution < -0.4 is 15.0 Å². The van der Waals surface area contributed by atoms with Crippen molar-refractivity contribution in [3.8, 4) is 11.6 Å². The smallest absolute Gasteiger partial charge is 0.407 e. The van der Waals surface area contributed by atoms with Crippen LogP contribution in [0.5, 0.6) is 5.75 Å². The summed E-state index contributed by atoms with van der Waals surface area (Å²) < 4.78 is 36.0. The molecule has 0 bridgehead atoms. The number of fused-ring (bicyclic) bond motifs is 2. The van der Waals surface area contributed by atoms with Gasteiger partial charge < -0.3 is 19.7 Å². The highest BCUT2D eigenvalue weighted by Gasteiger charge is 2.33. The average molecular weight is 579 g/mol. The van der Waals surface area contributed by atoms with Crippen LogP contribution in [0.3, 0.4) is 0 Å². The lowest BCUT2D eigenvalue weighted by molar-refractivity contribution is 0.0497. The molecule has 216 valence electrons. The van der Waals surface area contributed by atoms with Gasteiger partial charge in [0.05, 0.1) is 46.5 Å². The fourth-order valence-corrected chi connectivity index (χ4v) is 6.89. The van der Waals surface area contributed by atoms with E-state index >= 15 is 0 Å².